The van der Waals surface area contributed by atoms with Crippen LogP contribution >= 0.6 is 0 Å². The number of Topliss-reactive ketones (excluding diaryl/α,β-unsaturated/α-hetero) is 1. The summed E-state index contributed by atoms with van der Waals surface area (Å²) in [6.07, 6.45) is 4.31. The third-order valence-electron chi connectivity index (χ3n) is 4.74. The topological polar surface area (TPSA) is 63.7 Å². The first kappa shape index (κ1) is 16.4. The van der Waals surface area contributed by atoms with Gasteiger partial charge in [-0.2, -0.15) is 0 Å². The van der Waals surface area contributed by atoms with Gasteiger partial charge in [0.15, 0.2) is 5.41 Å². The quantitative estimate of drug-likeness (QED) is 0.473. The lowest BCUT2D eigenvalue weighted by molar-refractivity contribution is -0.158. The number of benzene rings is 1. The maximum Gasteiger partial charge on any atom is 0.326 e. The van der Waals surface area contributed by atoms with Crippen LogP contribution in [0.1, 0.15) is 31.7 Å². The Morgan fingerprint density at radius 2 is 2.00 bits per heavy atom. The molecule has 0 spiro atoms. The molecule has 1 amide bonds. The molecule has 24 heavy (non-hydrogen) atoms. The molecular formula is C19H21NO4. The Kier molecular flexibility index (Phi) is 4.51. The van der Waals surface area contributed by atoms with E-state index in [0.29, 0.717) is 31.5 Å². The SMILES string of the molecule is CCOC(=O)C12CCCC=C1N(CCc1ccccc1)C(=O)C2=O. The first-order valence-corrected chi connectivity index (χ1v) is 8.39. The minimum atomic E-state index is -1.41. The predicted octanol–water partition coefficient (Wildman–Crippen LogP) is 2.26. The van der Waals surface area contributed by atoms with Crippen LogP contribution in [0, 0.1) is 5.41 Å². The largest absolute Gasteiger partial charge is 0.465 e. The smallest absolute Gasteiger partial charge is 0.326 e. The van der Waals surface area contributed by atoms with Crippen molar-refractivity contribution in [3.8, 4) is 0 Å². The highest BCUT2D eigenvalue weighted by Gasteiger charge is 2.61. The van der Waals surface area contributed by atoms with E-state index in [9.17, 15) is 14.4 Å². The summed E-state index contributed by atoms with van der Waals surface area (Å²) in [5.41, 5.74) is 0.197. The molecule has 0 aromatic heterocycles. The monoisotopic (exact) mass is 327 g/mol. The van der Waals surface area contributed by atoms with Crippen LogP contribution in [0.3, 0.4) is 0 Å². The summed E-state index contributed by atoms with van der Waals surface area (Å²) in [5.74, 6) is -1.82. The lowest BCUT2D eigenvalue weighted by atomic mass is 9.75. The molecular weight excluding hydrogens is 306 g/mol. The van der Waals surface area contributed by atoms with Crippen LogP contribution in [0.2, 0.25) is 0 Å². The second-order valence-electron chi connectivity index (χ2n) is 6.13. The number of ketones is 1. The fourth-order valence-corrected chi connectivity index (χ4v) is 3.55. The lowest BCUT2D eigenvalue weighted by Crippen LogP contribution is -2.41. The van der Waals surface area contributed by atoms with E-state index in [1.807, 2.05) is 36.4 Å². The van der Waals surface area contributed by atoms with Gasteiger partial charge in [-0.25, -0.2) is 0 Å². The second kappa shape index (κ2) is 6.59. The van der Waals surface area contributed by atoms with Crippen molar-refractivity contribution in [3.05, 3.63) is 47.7 Å². The molecule has 1 unspecified atom stereocenters. The zero-order chi connectivity index (χ0) is 17.2. The Morgan fingerprint density at radius 1 is 1.25 bits per heavy atom. The van der Waals surface area contributed by atoms with Gasteiger partial charge in [-0.05, 0) is 38.2 Å². The normalized spacial score (nSPS) is 23.0. The number of hydrogen-bond acceptors (Lipinski definition) is 4. The molecule has 1 saturated heterocycles. The fraction of sp³-hybridized carbons (Fsp3) is 0.421. The maximum atomic E-state index is 12.7. The minimum absolute atomic E-state index is 0.194. The number of likely N-dealkylation sites (tertiary alicyclic amines) is 1. The van der Waals surface area contributed by atoms with Gasteiger partial charge in [0.05, 0.1) is 6.61 Å². The molecule has 1 fully saturated rings. The van der Waals surface area contributed by atoms with Crippen LogP contribution in [0.15, 0.2) is 42.1 Å². The molecule has 1 aliphatic carbocycles. The Hall–Kier alpha value is -2.43. The first-order valence-electron chi connectivity index (χ1n) is 8.39. The molecule has 0 radical (unpaired) electrons. The van der Waals surface area contributed by atoms with Gasteiger partial charge < -0.3 is 9.64 Å². The number of esters is 1. The highest BCUT2D eigenvalue weighted by molar-refractivity contribution is 6.46. The van der Waals surface area contributed by atoms with Gasteiger partial charge in [0.25, 0.3) is 5.91 Å². The fourth-order valence-electron chi connectivity index (χ4n) is 3.55. The van der Waals surface area contributed by atoms with Gasteiger partial charge in [0.1, 0.15) is 0 Å². The van der Waals surface area contributed by atoms with Crippen molar-refractivity contribution in [1.29, 1.82) is 0 Å². The molecule has 0 saturated carbocycles. The third-order valence-corrected chi connectivity index (χ3v) is 4.74. The molecule has 2 aliphatic rings. The molecule has 0 N–H and O–H groups in total. The van der Waals surface area contributed by atoms with E-state index in [1.54, 1.807) is 6.92 Å². The van der Waals surface area contributed by atoms with Gasteiger partial charge >= 0.3 is 5.97 Å². The van der Waals surface area contributed by atoms with Crippen LogP contribution in [-0.2, 0) is 25.5 Å². The van der Waals surface area contributed by atoms with E-state index in [4.69, 9.17) is 4.74 Å². The predicted molar refractivity (Wildman–Crippen MR) is 87.9 cm³/mol. The molecule has 1 heterocycles. The van der Waals surface area contributed by atoms with Crippen molar-refractivity contribution in [1.82, 2.24) is 4.90 Å². The molecule has 1 aliphatic heterocycles. The van der Waals surface area contributed by atoms with Crippen LogP contribution in [-0.4, -0.2) is 35.7 Å². The molecule has 1 aromatic rings. The van der Waals surface area contributed by atoms with E-state index in [0.717, 1.165) is 12.0 Å². The number of hydrogen-bond donors (Lipinski definition) is 0. The summed E-state index contributed by atoms with van der Waals surface area (Å²) >= 11 is 0. The summed E-state index contributed by atoms with van der Waals surface area (Å²) in [6, 6.07) is 9.78. The van der Waals surface area contributed by atoms with Gasteiger partial charge in [0, 0.05) is 12.2 Å². The Labute approximate surface area is 141 Å². The van der Waals surface area contributed by atoms with Crippen molar-refractivity contribution in [2.75, 3.05) is 13.2 Å². The molecule has 5 nitrogen and oxygen atoms in total. The Bertz CT molecular complexity index is 695. The summed E-state index contributed by atoms with van der Waals surface area (Å²) in [6.45, 7) is 2.29. The molecule has 1 atom stereocenters. The van der Waals surface area contributed by atoms with Crippen LogP contribution in [0.5, 0.6) is 0 Å². The highest BCUT2D eigenvalue weighted by Crippen LogP contribution is 2.46. The number of amides is 1. The van der Waals surface area contributed by atoms with Crippen molar-refractivity contribution in [2.24, 2.45) is 5.41 Å². The van der Waals surface area contributed by atoms with Gasteiger partial charge in [-0.1, -0.05) is 36.4 Å². The summed E-state index contributed by atoms with van der Waals surface area (Å²) in [7, 11) is 0. The number of ether oxygens (including phenoxy) is 1. The maximum absolute atomic E-state index is 12.7. The van der Waals surface area contributed by atoms with Crippen LogP contribution < -0.4 is 0 Å². The number of fused-ring (bicyclic) bond motifs is 1. The number of carbonyl (C=O) groups excluding carboxylic acids is 3. The molecule has 1 aromatic carbocycles. The zero-order valence-electron chi connectivity index (χ0n) is 13.8. The van der Waals surface area contributed by atoms with Crippen molar-refractivity contribution >= 4 is 17.7 Å². The summed E-state index contributed by atoms with van der Waals surface area (Å²) in [5, 5.41) is 0. The second-order valence-corrected chi connectivity index (χ2v) is 6.13. The average Bonchev–Trinajstić information content (AvgIpc) is 2.83. The highest BCUT2D eigenvalue weighted by atomic mass is 16.5. The summed E-state index contributed by atoms with van der Waals surface area (Å²) < 4.78 is 5.14. The van der Waals surface area contributed by atoms with Crippen LogP contribution in [0.25, 0.3) is 0 Å². The molecule has 0 bridgehead atoms. The zero-order valence-corrected chi connectivity index (χ0v) is 13.8. The van der Waals surface area contributed by atoms with E-state index in [-0.39, 0.29) is 6.61 Å². The van der Waals surface area contributed by atoms with Gasteiger partial charge in [-0.15, -0.1) is 0 Å². The minimum Gasteiger partial charge on any atom is -0.465 e. The first-order chi connectivity index (χ1) is 11.6. The van der Waals surface area contributed by atoms with Crippen molar-refractivity contribution in [2.45, 2.75) is 32.6 Å². The average molecular weight is 327 g/mol. The van der Waals surface area contributed by atoms with E-state index >= 15 is 0 Å². The van der Waals surface area contributed by atoms with Crippen molar-refractivity contribution < 1.29 is 19.1 Å². The van der Waals surface area contributed by atoms with Crippen LogP contribution in [0.4, 0.5) is 0 Å². The van der Waals surface area contributed by atoms with Gasteiger partial charge in [0.2, 0.25) is 5.78 Å². The van der Waals surface area contributed by atoms with E-state index in [2.05, 4.69) is 0 Å². The molecule has 3 rings (SSSR count). The molecule has 5 heteroatoms. The van der Waals surface area contributed by atoms with E-state index < -0.39 is 23.1 Å². The standard InChI is InChI=1S/C19H21NO4/c1-2-24-18(23)19-12-7-6-10-15(19)20(17(22)16(19)21)13-11-14-8-4-3-5-9-14/h3-5,8-10H,2,6-7,11-13H2,1H3. The number of carbonyl (C=O) groups is 3. The number of rotatable bonds is 5. The lowest BCUT2D eigenvalue weighted by Gasteiger charge is -2.31. The summed E-state index contributed by atoms with van der Waals surface area (Å²) in [4.78, 5) is 39.2. The van der Waals surface area contributed by atoms with Crippen molar-refractivity contribution in [3.63, 3.8) is 0 Å². The Morgan fingerprint density at radius 3 is 2.71 bits per heavy atom. The third kappa shape index (κ3) is 2.54. The number of allylic oxidation sites excluding steroid dienone is 1. The number of nitrogens with zero attached hydrogens (tertiary/aromatic N) is 1. The Balaban J connectivity index is 1.88. The van der Waals surface area contributed by atoms with Gasteiger partial charge in [-0.3, -0.25) is 14.4 Å². The van der Waals surface area contributed by atoms with E-state index in [1.165, 1.54) is 4.90 Å². The molecule has 126 valence electrons.